The summed E-state index contributed by atoms with van der Waals surface area (Å²) in [5.74, 6) is 2.20. The van der Waals surface area contributed by atoms with Crippen LogP contribution in [0.25, 0.3) is 0 Å². The minimum Gasteiger partial charge on any atom is -0.358 e. The van der Waals surface area contributed by atoms with Crippen LogP contribution in [-0.4, -0.2) is 24.2 Å². The van der Waals surface area contributed by atoms with Crippen LogP contribution in [0.5, 0.6) is 0 Å². The molecule has 76 valence electrons. The van der Waals surface area contributed by atoms with Crippen LogP contribution < -0.4 is 5.32 Å². The van der Waals surface area contributed by atoms with E-state index >= 15 is 0 Å². The van der Waals surface area contributed by atoms with E-state index in [0.717, 1.165) is 5.82 Å². The van der Waals surface area contributed by atoms with E-state index in [1.165, 1.54) is 37.3 Å². The van der Waals surface area contributed by atoms with Gasteiger partial charge in [-0.3, -0.25) is 0 Å². The third-order valence-corrected chi connectivity index (χ3v) is 2.60. The fourth-order valence-corrected chi connectivity index (χ4v) is 1.77. The van der Waals surface area contributed by atoms with Gasteiger partial charge in [-0.25, -0.2) is 4.99 Å². The van der Waals surface area contributed by atoms with Crippen LogP contribution in [0.4, 0.5) is 0 Å². The van der Waals surface area contributed by atoms with Crippen LogP contribution in [0.15, 0.2) is 28.3 Å². The Balaban J connectivity index is 2.11. The molecule has 0 aromatic rings. The molecule has 0 aromatic carbocycles. The number of allylic oxidation sites excluding steroid dienone is 2. The van der Waals surface area contributed by atoms with Crippen LogP contribution in [-0.2, 0) is 0 Å². The molecule has 0 unspecified atom stereocenters. The topological polar surface area (TPSA) is 27.6 Å². The van der Waals surface area contributed by atoms with E-state index < -0.39 is 0 Å². The Morgan fingerprint density at radius 1 is 1.36 bits per heavy atom. The first-order chi connectivity index (χ1) is 6.77. The molecule has 0 atom stereocenters. The van der Waals surface area contributed by atoms with E-state index in [-0.39, 0.29) is 0 Å². The summed E-state index contributed by atoms with van der Waals surface area (Å²) < 4.78 is 0. The second kappa shape index (κ2) is 3.86. The molecule has 1 N–H and O–H groups in total. The molecule has 0 amide bonds. The highest BCUT2D eigenvalue weighted by atomic mass is 15.3. The summed E-state index contributed by atoms with van der Waals surface area (Å²) in [6.07, 6.45) is 6.55. The molecule has 0 radical (unpaired) electrons. The van der Waals surface area contributed by atoms with Gasteiger partial charge in [0.25, 0.3) is 0 Å². The number of hydrogen-bond acceptors (Lipinski definition) is 3. The molecule has 0 aliphatic carbocycles. The van der Waals surface area contributed by atoms with E-state index in [9.17, 15) is 0 Å². The summed E-state index contributed by atoms with van der Waals surface area (Å²) in [6.45, 7) is 6.49. The molecule has 0 spiro atoms. The van der Waals surface area contributed by atoms with Gasteiger partial charge in [0.2, 0.25) is 0 Å². The van der Waals surface area contributed by atoms with Crippen molar-refractivity contribution >= 4 is 6.21 Å². The molecule has 3 heteroatoms. The summed E-state index contributed by atoms with van der Waals surface area (Å²) >= 11 is 0. The molecule has 3 nitrogen and oxygen atoms in total. The average Bonchev–Trinajstić information content (AvgIpc) is 2.71. The van der Waals surface area contributed by atoms with Gasteiger partial charge in [0.1, 0.15) is 11.6 Å². The quantitative estimate of drug-likeness (QED) is 0.685. The first kappa shape index (κ1) is 9.31. The Morgan fingerprint density at radius 3 is 2.71 bits per heavy atom. The standard InChI is InChI=1S/C11H17N3/c1-9(2)11-12-6-5-10(13-11)14-7-3-4-8-14/h5-6,13H,3-4,7-8H2,1-2H3. The van der Waals surface area contributed by atoms with Gasteiger partial charge in [-0.2, -0.15) is 0 Å². The van der Waals surface area contributed by atoms with Crippen molar-refractivity contribution in [2.24, 2.45) is 4.99 Å². The third kappa shape index (κ3) is 1.81. The van der Waals surface area contributed by atoms with Gasteiger partial charge in [-0.15, -0.1) is 0 Å². The molecule has 14 heavy (non-hydrogen) atoms. The van der Waals surface area contributed by atoms with E-state index in [1.54, 1.807) is 0 Å². The van der Waals surface area contributed by atoms with Crippen LogP contribution in [0.2, 0.25) is 0 Å². The highest BCUT2D eigenvalue weighted by molar-refractivity contribution is 5.74. The van der Waals surface area contributed by atoms with Gasteiger partial charge < -0.3 is 10.2 Å². The van der Waals surface area contributed by atoms with Crippen molar-refractivity contribution in [3.63, 3.8) is 0 Å². The van der Waals surface area contributed by atoms with Crippen molar-refractivity contribution in [3.8, 4) is 0 Å². The SMILES string of the molecule is CC(C)=C1N=CC=C(N2CCCC2)N1. The van der Waals surface area contributed by atoms with Gasteiger partial charge in [0, 0.05) is 19.3 Å². The molecule has 0 saturated carbocycles. The molecule has 2 aliphatic rings. The number of nitrogens with zero attached hydrogens (tertiary/aromatic N) is 2. The maximum Gasteiger partial charge on any atom is 0.129 e. The first-order valence-corrected chi connectivity index (χ1v) is 5.21. The first-order valence-electron chi connectivity index (χ1n) is 5.21. The van der Waals surface area contributed by atoms with Crippen molar-refractivity contribution in [3.05, 3.63) is 23.3 Å². The normalized spacial score (nSPS) is 20.9. The fourth-order valence-electron chi connectivity index (χ4n) is 1.77. The van der Waals surface area contributed by atoms with Gasteiger partial charge in [-0.1, -0.05) is 0 Å². The summed E-state index contributed by atoms with van der Waals surface area (Å²) in [6, 6.07) is 0. The van der Waals surface area contributed by atoms with Crippen LogP contribution >= 0.6 is 0 Å². The smallest absolute Gasteiger partial charge is 0.129 e. The summed E-state index contributed by atoms with van der Waals surface area (Å²) in [7, 11) is 0. The zero-order valence-corrected chi connectivity index (χ0v) is 8.88. The molecule has 0 aromatic heterocycles. The molecular formula is C11H17N3. The van der Waals surface area contributed by atoms with Gasteiger partial charge in [-0.05, 0) is 38.3 Å². The maximum absolute atomic E-state index is 4.29. The Hall–Kier alpha value is -1.25. The zero-order chi connectivity index (χ0) is 9.97. The summed E-state index contributed by atoms with van der Waals surface area (Å²) in [4.78, 5) is 6.67. The Morgan fingerprint density at radius 2 is 2.07 bits per heavy atom. The van der Waals surface area contributed by atoms with Gasteiger partial charge in [0.05, 0.1) is 0 Å². The fraction of sp³-hybridized carbons (Fsp3) is 0.545. The minimum absolute atomic E-state index is 0.995. The van der Waals surface area contributed by atoms with E-state index in [0.29, 0.717) is 0 Å². The predicted molar refractivity (Wildman–Crippen MR) is 58.9 cm³/mol. The third-order valence-electron chi connectivity index (χ3n) is 2.60. The summed E-state index contributed by atoms with van der Waals surface area (Å²) in [5.41, 5.74) is 1.23. The lowest BCUT2D eigenvalue weighted by Crippen LogP contribution is -2.30. The van der Waals surface area contributed by atoms with E-state index in [2.05, 4.69) is 35.1 Å². The highest BCUT2D eigenvalue weighted by Gasteiger charge is 2.16. The molecule has 1 saturated heterocycles. The Labute approximate surface area is 85.2 Å². The highest BCUT2D eigenvalue weighted by Crippen LogP contribution is 2.16. The zero-order valence-electron chi connectivity index (χ0n) is 8.88. The largest absolute Gasteiger partial charge is 0.358 e. The minimum atomic E-state index is 0.995. The summed E-state index contributed by atoms with van der Waals surface area (Å²) in [5, 5.41) is 3.36. The molecule has 2 heterocycles. The van der Waals surface area contributed by atoms with Crippen molar-refractivity contribution in [2.45, 2.75) is 26.7 Å². The monoisotopic (exact) mass is 191 g/mol. The van der Waals surface area contributed by atoms with Crippen LogP contribution in [0.1, 0.15) is 26.7 Å². The van der Waals surface area contributed by atoms with Gasteiger partial charge >= 0.3 is 0 Å². The molecule has 2 aliphatic heterocycles. The van der Waals surface area contributed by atoms with Crippen LogP contribution in [0.3, 0.4) is 0 Å². The van der Waals surface area contributed by atoms with E-state index in [4.69, 9.17) is 0 Å². The van der Waals surface area contributed by atoms with E-state index in [1.807, 2.05) is 6.21 Å². The predicted octanol–water partition coefficient (Wildman–Crippen LogP) is 1.85. The Kier molecular flexibility index (Phi) is 2.57. The lowest BCUT2D eigenvalue weighted by Gasteiger charge is -2.24. The lowest BCUT2D eigenvalue weighted by molar-refractivity contribution is 0.399. The second-order valence-corrected chi connectivity index (χ2v) is 4.00. The molecule has 2 rings (SSSR count). The maximum atomic E-state index is 4.29. The number of likely N-dealkylation sites (tertiary alicyclic amines) is 1. The van der Waals surface area contributed by atoms with Crippen molar-refractivity contribution in [2.75, 3.05) is 13.1 Å². The number of nitrogens with one attached hydrogen (secondary N) is 1. The number of hydrogen-bond donors (Lipinski definition) is 1. The van der Waals surface area contributed by atoms with Crippen LogP contribution in [0, 0.1) is 0 Å². The van der Waals surface area contributed by atoms with Crippen molar-refractivity contribution in [1.82, 2.24) is 10.2 Å². The molecule has 0 bridgehead atoms. The van der Waals surface area contributed by atoms with Gasteiger partial charge in [0.15, 0.2) is 0 Å². The molecule has 1 fully saturated rings. The molecular weight excluding hydrogens is 174 g/mol. The number of aliphatic imine (C=N–C) groups is 1. The lowest BCUT2D eigenvalue weighted by atomic mass is 10.3. The Bertz CT molecular complexity index is 302. The van der Waals surface area contributed by atoms with Crippen molar-refractivity contribution < 1.29 is 0 Å². The van der Waals surface area contributed by atoms with Crippen molar-refractivity contribution in [1.29, 1.82) is 0 Å². The second-order valence-electron chi connectivity index (χ2n) is 4.00. The number of rotatable bonds is 1. The average molecular weight is 191 g/mol.